The molecule has 0 aliphatic carbocycles. The van der Waals surface area contributed by atoms with Crippen LogP contribution in [0, 0.1) is 3.57 Å². The summed E-state index contributed by atoms with van der Waals surface area (Å²) in [7, 11) is 0. The molecular weight excluding hydrogens is 422 g/mol. The molecule has 0 fully saturated rings. The van der Waals surface area contributed by atoms with E-state index in [4.69, 9.17) is 11.6 Å². The molecule has 0 amide bonds. The smallest absolute Gasteiger partial charge is 0.143 e. The number of benzene rings is 1. The Balaban J connectivity index is 2.38. The first-order valence-corrected chi connectivity index (χ1v) is 7.77. The van der Waals surface area contributed by atoms with Gasteiger partial charge in [0, 0.05) is 25.9 Å². The van der Waals surface area contributed by atoms with Crippen molar-refractivity contribution < 1.29 is 0 Å². The summed E-state index contributed by atoms with van der Waals surface area (Å²) in [5, 5.41) is 10.2. The molecular formula is C10H7BrClIN2S. The Bertz CT molecular complexity index is 503. The van der Waals surface area contributed by atoms with Gasteiger partial charge in [-0.1, -0.05) is 27.3 Å². The second-order valence-corrected chi connectivity index (χ2v) is 6.58. The highest BCUT2D eigenvalue weighted by Gasteiger charge is 2.09. The molecule has 2 aromatic rings. The van der Waals surface area contributed by atoms with Crippen LogP contribution in [0.15, 0.2) is 22.7 Å². The number of hydrogen-bond acceptors (Lipinski definition) is 3. The van der Waals surface area contributed by atoms with Gasteiger partial charge in [0.25, 0.3) is 0 Å². The molecule has 0 radical (unpaired) electrons. The minimum absolute atomic E-state index is 0.588. The summed E-state index contributed by atoms with van der Waals surface area (Å²) in [5.74, 6) is 0.588. The van der Waals surface area contributed by atoms with Crippen molar-refractivity contribution in [2.45, 2.75) is 6.42 Å². The minimum Gasteiger partial charge on any atom is -0.143 e. The summed E-state index contributed by atoms with van der Waals surface area (Å²) in [6.45, 7) is 0. The Morgan fingerprint density at radius 2 is 2.19 bits per heavy atom. The van der Waals surface area contributed by atoms with Crippen molar-refractivity contribution in [2.75, 3.05) is 5.88 Å². The van der Waals surface area contributed by atoms with E-state index in [2.05, 4.69) is 60.9 Å². The zero-order chi connectivity index (χ0) is 11.5. The second kappa shape index (κ2) is 5.75. The molecule has 0 bridgehead atoms. The summed E-state index contributed by atoms with van der Waals surface area (Å²) in [6.07, 6.45) is 0.782. The average Bonchev–Trinajstić information content (AvgIpc) is 2.71. The lowest BCUT2D eigenvalue weighted by molar-refractivity contribution is 0.989. The minimum atomic E-state index is 0.588. The van der Waals surface area contributed by atoms with Crippen LogP contribution in [0.4, 0.5) is 0 Å². The Kier molecular flexibility index (Phi) is 4.57. The van der Waals surface area contributed by atoms with Gasteiger partial charge in [-0.15, -0.1) is 21.8 Å². The zero-order valence-corrected chi connectivity index (χ0v) is 13.4. The Morgan fingerprint density at radius 3 is 2.94 bits per heavy atom. The average molecular weight is 430 g/mol. The maximum atomic E-state index is 5.68. The number of rotatable bonds is 3. The molecule has 0 atom stereocenters. The van der Waals surface area contributed by atoms with Crippen LogP contribution in [0.1, 0.15) is 5.01 Å². The topological polar surface area (TPSA) is 25.8 Å². The maximum Gasteiger partial charge on any atom is 0.148 e. The van der Waals surface area contributed by atoms with Gasteiger partial charge in [-0.3, -0.25) is 0 Å². The molecule has 2 rings (SSSR count). The van der Waals surface area contributed by atoms with E-state index in [1.807, 2.05) is 6.07 Å². The van der Waals surface area contributed by atoms with E-state index in [9.17, 15) is 0 Å². The molecule has 6 heteroatoms. The number of hydrogen-bond donors (Lipinski definition) is 0. The third-order valence-electron chi connectivity index (χ3n) is 1.93. The first-order chi connectivity index (χ1) is 7.70. The van der Waals surface area contributed by atoms with E-state index in [0.29, 0.717) is 5.88 Å². The normalized spacial score (nSPS) is 10.7. The van der Waals surface area contributed by atoms with Crippen LogP contribution in [-0.4, -0.2) is 16.1 Å². The van der Waals surface area contributed by atoms with Crippen molar-refractivity contribution in [3.8, 4) is 10.6 Å². The second-order valence-electron chi connectivity index (χ2n) is 3.06. The zero-order valence-electron chi connectivity index (χ0n) is 8.08. The number of alkyl halides is 1. The molecule has 0 spiro atoms. The maximum absolute atomic E-state index is 5.68. The van der Waals surface area contributed by atoms with Gasteiger partial charge >= 0.3 is 0 Å². The largest absolute Gasteiger partial charge is 0.148 e. The lowest BCUT2D eigenvalue weighted by atomic mass is 10.2. The number of aryl methyl sites for hydroxylation is 1. The fourth-order valence-electron chi connectivity index (χ4n) is 1.21. The molecule has 0 aliphatic heterocycles. The standard InChI is InChI=1S/C10H7BrClIN2S/c11-6-1-2-8(13)7(5-6)10-15-14-9(16-10)3-4-12/h1-2,5H,3-4H2. The highest BCUT2D eigenvalue weighted by molar-refractivity contribution is 14.1. The Morgan fingerprint density at radius 1 is 1.38 bits per heavy atom. The van der Waals surface area contributed by atoms with E-state index in [0.717, 1.165) is 26.5 Å². The van der Waals surface area contributed by atoms with Gasteiger partial charge in [-0.05, 0) is 40.8 Å². The van der Waals surface area contributed by atoms with E-state index >= 15 is 0 Å². The molecule has 0 unspecified atom stereocenters. The van der Waals surface area contributed by atoms with Crippen LogP contribution in [0.5, 0.6) is 0 Å². The fourth-order valence-corrected chi connectivity index (χ4v) is 3.50. The van der Waals surface area contributed by atoms with Gasteiger partial charge in [-0.25, -0.2) is 0 Å². The molecule has 1 aromatic carbocycles. The highest BCUT2D eigenvalue weighted by Crippen LogP contribution is 2.30. The summed E-state index contributed by atoms with van der Waals surface area (Å²) in [5.41, 5.74) is 1.12. The molecule has 1 aromatic heterocycles. The first-order valence-electron chi connectivity index (χ1n) is 4.54. The summed E-state index contributed by atoms with van der Waals surface area (Å²) in [4.78, 5) is 0. The predicted octanol–water partition coefficient (Wildman–Crippen LogP) is 4.35. The quantitative estimate of drug-likeness (QED) is 0.536. The van der Waals surface area contributed by atoms with Crippen LogP contribution < -0.4 is 0 Å². The highest BCUT2D eigenvalue weighted by atomic mass is 127. The molecule has 16 heavy (non-hydrogen) atoms. The van der Waals surface area contributed by atoms with Gasteiger partial charge in [0.2, 0.25) is 0 Å². The van der Waals surface area contributed by atoms with Crippen LogP contribution in [-0.2, 0) is 6.42 Å². The van der Waals surface area contributed by atoms with Crippen LogP contribution in [0.2, 0.25) is 0 Å². The fraction of sp³-hybridized carbons (Fsp3) is 0.200. The van der Waals surface area contributed by atoms with E-state index in [1.54, 1.807) is 11.3 Å². The summed E-state index contributed by atoms with van der Waals surface area (Å²) >= 11 is 13.0. The van der Waals surface area contributed by atoms with E-state index in [1.165, 1.54) is 3.57 Å². The molecule has 0 aliphatic rings. The van der Waals surface area contributed by atoms with Crippen molar-refractivity contribution in [1.29, 1.82) is 0 Å². The monoisotopic (exact) mass is 428 g/mol. The van der Waals surface area contributed by atoms with Crippen molar-refractivity contribution in [3.63, 3.8) is 0 Å². The van der Waals surface area contributed by atoms with E-state index < -0.39 is 0 Å². The molecule has 1 heterocycles. The predicted molar refractivity (Wildman–Crippen MR) is 80.2 cm³/mol. The van der Waals surface area contributed by atoms with Crippen LogP contribution >= 0.6 is 61.5 Å². The van der Waals surface area contributed by atoms with Crippen LogP contribution in [0.3, 0.4) is 0 Å². The molecule has 0 saturated carbocycles. The first kappa shape index (κ1) is 12.7. The molecule has 2 nitrogen and oxygen atoms in total. The van der Waals surface area contributed by atoms with E-state index in [-0.39, 0.29) is 0 Å². The third kappa shape index (κ3) is 2.94. The number of halogens is 3. The van der Waals surface area contributed by atoms with Crippen molar-refractivity contribution in [2.24, 2.45) is 0 Å². The number of nitrogens with zero attached hydrogens (tertiary/aromatic N) is 2. The Hall–Kier alpha value is 0.280. The molecule has 0 saturated heterocycles. The lowest BCUT2D eigenvalue weighted by Gasteiger charge is -1.99. The Labute approximate surface area is 125 Å². The van der Waals surface area contributed by atoms with Gasteiger partial charge in [0.1, 0.15) is 10.0 Å². The molecule has 84 valence electrons. The summed E-state index contributed by atoms with van der Waals surface area (Å²) < 4.78 is 2.23. The van der Waals surface area contributed by atoms with Crippen molar-refractivity contribution >= 4 is 61.5 Å². The van der Waals surface area contributed by atoms with Crippen molar-refractivity contribution in [1.82, 2.24) is 10.2 Å². The SMILES string of the molecule is ClCCc1nnc(-c2cc(Br)ccc2I)s1. The van der Waals surface area contributed by atoms with Gasteiger partial charge < -0.3 is 0 Å². The lowest BCUT2D eigenvalue weighted by Crippen LogP contribution is -1.83. The van der Waals surface area contributed by atoms with Gasteiger partial charge in [0.15, 0.2) is 0 Å². The van der Waals surface area contributed by atoms with Gasteiger partial charge in [-0.2, -0.15) is 0 Å². The van der Waals surface area contributed by atoms with Crippen LogP contribution in [0.25, 0.3) is 10.6 Å². The van der Waals surface area contributed by atoms with Gasteiger partial charge in [0.05, 0.1) is 0 Å². The molecule has 0 N–H and O–H groups in total. The number of aromatic nitrogens is 2. The summed E-state index contributed by atoms with van der Waals surface area (Å²) in [6, 6.07) is 6.14. The third-order valence-corrected chi connectivity index (χ3v) is 4.57. The van der Waals surface area contributed by atoms with Crippen molar-refractivity contribution in [3.05, 3.63) is 31.2 Å².